The smallest absolute Gasteiger partial charge is 0.323 e. The second kappa shape index (κ2) is 7.49. The van der Waals surface area contributed by atoms with Crippen LogP contribution >= 0.6 is 0 Å². The van der Waals surface area contributed by atoms with Gasteiger partial charge in [0.15, 0.2) is 5.82 Å². The molecule has 1 heterocycles. The van der Waals surface area contributed by atoms with Crippen LogP contribution in [0.5, 0.6) is 5.75 Å². The van der Waals surface area contributed by atoms with Gasteiger partial charge in [-0.3, -0.25) is 0 Å². The molecule has 0 aliphatic heterocycles. The third kappa shape index (κ3) is 4.03. The number of rotatable bonds is 5. The van der Waals surface area contributed by atoms with Crippen molar-refractivity contribution in [3.8, 4) is 5.75 Å². The van der Waals surface area contributed by atoms with Crippen LogP contribution in [0.2, 0.25) is 0 Å². The molecule has 2 amide bonds. The van der Waals surface area contributed by atoms with E-state index in [2.05, 4.69) is 20.6 Å². The van der Waals surface area contributed by atoms with Crippen LogP contribution in [-0.4, -0.2) is 51.3 Å². The number of carbonyl (C=O) groups is 1. The van der Waals surface area contributed by atoms with E-state index in [1.54, 1.807) is 30.3 Å². The second-order valence-corrected chi connectivity index (χ2v) is 5.48. The number of anilines is 4. The molecule has 0 atom stereocenters. The predicted molar refractivity (Wildman–Crippen MR) is 96.3 cm³/mol. The quantitative estimate of drug-likeness (QED) is 0.875. The minimum Gasteiger partial charge on any atom is -0.495 e. The highest BCUT2D eigenvalue weighted by Crippen LogP contribution is 2.25. The SMILES string of the molecule is COc1ccccc1NC(=O)Nc1cnc(N(C)C)nc1N(C)C. The molecule has 0 radical (unpaired) electrons. The van der Waals surface area contributed by atoms with Crippen molar-refractivity contribution in [3.05, 3.63) is 30.5 Å². The molecule has 2 aromatic rings. The molecule has 8 heteroatoms. The topological polar surface area (TPSA) is 82.6 Å². The van der Waals surface area contributed by atoms with E-state index >= 15 is 0 Å². The molecule has 128 valence electrons. The number of urea groups is 1. The van der Waals surface area contributed by atoms with Gasteiger partial charge in [-0.05, 0) is 12.1 Å². The van der Waals surface area contributed by atoms with Gasteiger partial charge >= 0.3 is 6.03 Å². The summed E-state index contributed by atoms with van der Waals surface area (Å²) in [6.45, 7) is 0. The summed E-state index contributed by atoms with van der Waals surface area (Å²) in [7, 11) is 8.97. The molecular weight excluding hydrogens is 308 g/mol. The molecule has 1 aromatic carbocycles. The van der Waals surface area contributed by atoms with Crippen molar-refractivity contribution in [2.24, 2.45) is 0 Å². The zero-order valence-corrected chi connectivity index (χ0v) is 14.5. The lowest BCUT2D eigenvalue weighted by Crippen LogP contribution is -2.24. The normalized spacial score (nSPS) is 10.0. The summed E-state index contributed by atoms with van der Waals surface area (Å²) in [4.78, 5) is 24.6. The Morgan fingerprint density at radius 3 is 2.33 bits per heavy atom. The van der Waals surface area contributed by atoms with Gasteiger partial charge in [0.1, 0.15) is 11.4 Å². The van der Waals surface area contributed by atoms with Gasteiger partial charge in [-0.2, -0.15) is 4.98 Å². The van der Waals surface area contributed by atoms with Crippen molar-refractivity contribution < 1.29 is 9.53 Å². The van der Waals surface area contributed by atoms with E-state index in [9.17, 15) is 4.79 Å². The van der Waals surface area contributed by atoms with Gasteiger partial charge in [-0.1, -0.05) is 12.1 Å². The van der Waals surface area contributed by atoms with Crippen LogP contribution in [0.4, 0.5) is 27.9 Å². The first-order valence-corrected chi connectivity index (χ1v) is 7.35. The number of para-hydroxylation sites is 2. The minimum absolute atomic E-state index is 0.399. The number of aromatic nitrogens is 2. The van der Waals surface area contributed by atoms with Gasteiger partial charge in [-0.15, -0.1) is 0 Å². The van der Waals surface area contributed by atoms with E-state index in [0.29, 0.717) is 28.9 Å². The number of methoxy groups -OCH3 is 1. The first-order valence-electron chi connectivity index (χ1n) is 7.35. The molecule has 8 nitrogen and oxygen atoms in total. The maximum Gasteiger partial charge on any atom is 0.323 e. The molecule has 24 heavy (non-hydrogen) atoms. The van der Waals surface area contributed by atoms with E-state index in [1.807, 2.05) is 45.2 Å². The number of nitrogens with zero attached hydrogens (tertiary/aromatic N) is 4. The standard InChI is InChI=1S/C16H22N6O2/c1-21(2)14-12(10-17-15(20-14)22(3)4)19-16(23)18-11-8-6-7-9-13(11)24-5/h6-10H,1-5H3,(H2,18,19,23). The maximum absolute atomic E-state index is 12.3. The largest absolute Gasteiger partial charge is 0.495 e. The van der Waals surface area contributed by atoms with Gasteiger partial charge < -0.3 is 25.2 Å². The molecule has 0 bridgehead atoms. The van der Waals surface area contributed by atoms with E-state index in [4.69, 9.17) is 4.74 Å². The van der Waals surface area contributed by atoms with E-state index in [1.165, 1.54) is 0 Å². The molecule has 0 spiro atoms. The first-order chi connectivity index (χ1) is 11.4. The molecule has 2 N–H and O–H groups in total. The summed E-state index contributed by atoms with van der Waals surface area (Å²) in [5.74, 6) is 1.76. The Balaban J connectivity index is 2.19. The molecule has 0 aliphatic carbocycles. The maximum atomic E-state index is 12.3. The Kier molecular flexibility index (Phi) is 5.41. The van der Waals surface area contributed by atoms with Crippen molar-refractivity contribution in [2.45, 2.75) is 0 Å². The number of hydrogen-bond donors (Lipinski definition) is 2. The number of nitrogens with one attached hydrogen (secondary N) is 2. The van der Waals surface area contributed by atoms with Gasteiger partial charge in [0.05, 0.1) is 19.0 Å². The zero-order valence-electron chi connectivity index (χ0n) is 14.5. The van der Waals surface area contributed by atoms with Crippen LogP contribution in [-0.2, 0) is 0 Å². The van der Waals surface area contributed by atoms with E-state index in [-0.39, 0.29) is 0 Å². The number of ether oxygens (including phenoxy) is 1. The second-order valence-electron chi connectivity index (χ2n) is 5.48. The Morgan fingerprint density at radius 2 is 1.71 bits per heavy atom. The highest BCUT2D eigenvalue weighted by Gasteiger charge is 2.14. The van der Waals surface area contributed by atoms with Crippen LogP contribution in [0.1, 0.15) is 0 Å². The van der Waals surface area contributed by atoms with Gasteiger partial charge in [0, 0.05) is 28.2 Å². The predicted octanol–water partition coefficient (Wildman–Crippen LogP) is 2.26. The lowest BCUT2D eigenvalue weighted by atomic mass is 10.3. The van der Waals surface area contributed by atoms with Crippen molar-refractivity contribution in [2.75, 3.05) is 55.7 Å². The average molecular weight is 330 g/mol. The lowest BCUT2D eigenvalue weighted by molar-refractivity contribution is 0.262. The molecule has 1 aromatic heterocycles. The number of carbonyl (C=O) groups excluding carboxylic acids is 1. The van der Waals surface area contributed by atoms with E-state index < -0.39 is 6.03 Å². The summed E-state index contributed by atoms with van der Waals surface area (Å²) < 4.78 is 5.22. The summed E-state index contributed by atoms with van der Waals surface area (Å²) in [5.41, 5.74) is 1.09. The van der Waals surface area contributed by atoms with Crippen molar-refractivity contribution in [3.63, 3.8) is 0 Å². The molecule has 0 unspecified atom stereocenters. The lowest BCUT2D eigenvalue weighted by Gasteiger charge is -2.19. The monoisotopic (exact) mass is 330 g/mol. The minimum atomic E-state index is -0.399. The summed E-state index contributed by atoms with van der Waals surface area (Å²) in [6, 6.07) is 6.79. The number of hydrogen-bond acceptors (Lipinski definition) is 6. The molecule has 0 saturated heterocycles. The van der Waals surface area contributed by atoms with Crippen LogP contribution < -0.4 is 25.2 Å². The molecular formula is C16H22N6O2. The van der Waals surface area contributed by atoms with Crippen LogP contribution in [0.3, 0.4) is 0 Å². The zero-order chi connectivity index (χ0) is 17.7. The fourth-order valence-electron chi connectivity index (χ4n) is 2.03. The molecule has 0 fully saturated rings. The fourth-order valence-corrected chi connectivity index (χ4v) is 2.03. The third-order valence-electron chi connectivity index (χ3n) is 3.18. The van der Waals surface area contributed by atoms with Crippen LogP contribution in [0.15, 0.2) is 30.5 Å². The average Bonchev–Trinajstić information content (AvgIpc) is 2.55. The van der Waals surface area contributed by atoms with Gasteiger partial charge in [0.25, 0.3) is 0 Å². The Morgan fingerprint density at radius 1 is 1.04 bits per heavy atom. The summed E-state index contributed by atoms with van der Waals surface area (Å²) in [6.07, 6.45) is 1.58. The Bertz CT molecular complexity index is 717. The Hall–Kier alpha value is -3.03. The van der Waals surface area contributed by atoms with Gasteiger partial charge in [-0.25, -0.2) is 9.78 Å². The van der Waals surface area contributed by atoms with E-state index in [0.717, 1.165) is 0 Å². The third-order valence-corrected chi connectivity index (χ3v) is 3.18. The highest BCUT2D eigenvalue weighted by atomic mass is 16.5. The van der Waals surface area contributed by atoms with Crippen molar-refractivity contribution >= 4 is 29.2 Å². The summed E-state index contributed by atoms with van der Waals surface area (Å²) in [5, 5.41) is 5.52. The fraction of sp³-hybridized carbons (Fsp3) is 0.312. The number of amides is 2. The molecule has 0 aliphatic rings. The summed E-state index contributed by atoms with van der Waals surface area (Å²) >= 11 is 0. The van der Waals surface area contributed by atoms with Crippen molar-refractivity contribution in [1.29, 1.82) is 0 Å². The first kappa shape index (κ1) is 17.3. The number of benzene rings is 1. The van der Waals surface area contributed by atoms with Crippen LogP contribution in [0.25, 0.3) is 0 Å². The molecule has 0 saturated carbocycles. The van der Waals surface area contributed by atoms with Crippen LogP contribution in [0, 0.1) is 0 Å². The Labute approximate surface area is 141 Å². The molecule has 2 rings (SSSR count). The van der Waals surface area contributed by atoms with Crippen molar-refractivity contribution in [1.82, 2.24) is 9.97 Å². The highest BCUT2D eigenvalue weighted by molar-refractivity contribution is 6.02. The van der Waals surface area contributed by atoms with Gasteiger partial charge in [0.2, 0.25) is 5.95 Å².